The van der Waals surface area contributed by atoms with Crippen LogP contribution in [0.1, 0.15) is 6.92 Å². The van der Waals surface area contributed by atoms with Gasteiger partial charge in [-0.15, -0.1) is 0 Å². The van der Waals surface area contributed by atoms with Crippen LogP contribution in [0.3, 0.4) is 0 Å². The van der Waals surface area contributed by atoms with E-state index in [2.05, 4.69) is 25.4 Å². The summed E-state index contributed by atoms with van der Waals surface area (Å²) in [7, 11) is 1.60. The third-order valence-electron chi connectivity index (χ3n) is 4.71. The number of guanidine groups is 1. The van der Waals surface area contributed by atoms with Crippen molar-refractivity contribution >= 4 is 11.9 Å². The molecule has 0 radical (unpaired) electrons. The Morgan fingerprint density at radius 3 is 2.58 bits per heavy atom. The van der Waals surface area contributed by atoms with Crippen molar-refractivity contribution in [2.45, 2.75) is 13.0 Å². The SMILES string of the molecule is CCNC(=NCC(O)COc1ccc(F)cc1)N1CCN(CC(=O)NCCOC)CC1. The van der Waals surface area contributed by atoms with Gasteiger partial charge in [-0.25, -0.2) is 4.39 Å². The Labute approximate surface area is 183 Å². The minimum atomic E-state index is -0.782. The summed E-state index contributed by atoms with van der Waals surface area (Å²) in [6.07, 6.45) is -0.782. The van der Waals surface area contributed by atoms with Crippen LogP contribution in [0.2, 0.25) is 0 Å². The predicted octanol–water partition coefficient (Wildman–Crippen LogP) is -0.0889. The molecule has 1 heterocycles. The molecule has 0 saturated carbocycles. The highest BCUT2D eigenvalue weighted by Gasteiger charge is 2.21. The van der Waals surface area contributed by atoms with Gasteiger partial charge in [0.25, 0.3) is 0 Å². The van der Waals surface area contributed by atoms with E-state index in [4.69, 9.17) is 9.47 Å². The molecule has 31 heavy (non-hydrogen) atoms. The molecule has 1 aliphatic heterocycles. The van der Waals surface area contributed by atoms with Gasteiger partial charge in [-0.05, 0) is 31.2 Å². The normalized spacial score (nSPS) is 16.1. The summed E-state index contributed by atoms with van der Waals surface area (Å²) in [5.41, 5.74) is 0. The van der Waals surface area contributed by atoms with Crippen molar-refractivity contribution in [1.82, 2.24) is 20.4 Å². The number of nitrogens with zero attached hydrogens (tertiary/aromatic N) is 3. The van der Waals surface area contributed by atoms with Crippen LogP contribution in [0.25, 0.3) is 0 Å². The molecule has 2 rings (SSSR count). The van der Waals surface area contributed by atoms with Gasteiger partial charge in [0.2, 0.25) is 5.91 Å². The third-order valence-corrected chi connectivity index (χ3v) is 4.71. The van der Waals surface area contributed by atoms with E-state index in [0.29, 0.717) is 32.0 Å². The Kier molecular flexibility index (Phi) is 11.0. The fraction of sp³-hybridized carbons (Fsp3) is 0.619. The van der Waals surface area contributed by atoms with E-state index in [-0.39, 0.29) is 24.9 Å². The second kappa shape index (κ2) is 13.8. The Hall–Kier alpha value is -2.43. The van der Waals surface area contributed by atoms with E-state index in [1.165, 1.54) is 24.3 Å². The zero-order valence-corrected chi connectivity index (χ0v) is 18.3. The number of carbonyl (C=O) groups excluding carboxylic acids is 1. The largest absolute Gasteiger partial charge is 0.491 e. The maximum atomic E-state index is 12.9. The average Bonchev–Trinajstić information content (AvgIpc) is 2.77. The van der Waals surface area contributed by atoms with Crippen LogP contribution in [-0.4, -0.2) is 106 Å². The lowest BCUT2D eigenvalue weighted by atomic mass is 10.3. The third kappa shape index (κ3) is 9.50. The van der Waals surface area contributed by atoms with Gasteiger partial charge in [-0.2, -0.15) is 0 Å². The van der Waals surface area contributed by atoms with E-state index in [0.717, 1.165) is 32.1 Å². The van der Waals surface area contributed by atoms with Crippen molar-refractivity contribution in [3.05, 3.63) is 30.1 Å². The van der Waals surface area contributed by atoms with E-state index in [9.17, 15) is 14.3 Å². The molecular weight excluding hydrogens is 405 g/mol. The molecule has 1 aliphatic rings. The quantitative estimate of drug-likeness (QED) is 0.252. The van der Waals surface area contributed by atoms with E-state index in [1.807, 2.05) is 6.92 Å². The number of amides is 1. The predicted molar refractivity (Wildman–Crippen MR) is 117 cm³/mol. The number of aliphatic hydroxyl groups excluding tert-OH is 1. The smallest absolute Gasteiger partial charge is 0.234 e. The molecule has 0 aliphatic carbocycles. The fourth-order valence-corrected chi connectivity index (χ4v) is 3.06. The summed E-state index contributed by atoms with van der Waals surface area (Å²) in [6, 6.07) is 5.66. The summed E-state index contributed by atoms with van der Waals surface area (Å²) in [5, 5.41) is 16.3. The van der Waals surface area contributed by atoms with Crippen molar-refractivity contribution in [3.63, 3.8) is 0 Å². The number of benzene rings is 1. The van der Waals surface area contributed by atoms with Crippen LogP contribution in [-0.2, 0) is 9.53 Å². The molecular formula is C21H34FN5O4. The lowest BCUT2D eigenvalue weighted by Crippen LogP contribution is -2.54. The molecule has 1 amide bonds. The first-order valence-electron chi connectivity index (χ1n) is 10.6. The van der Waals surface area contributed by atoms with Crippen molar-refractivity contribution in [2.75, 3.05) is 72.7 Å². The number of nitrogens with one attached hydrogen (secondary N) is 2. The van der Waals surface area contributed by atoms with Gasteiger partial charge in [0.05, 0.1) is 19.7 Å². The van der Waals surface area contributed by atoms with E-state index < -0.39 is 6.10 Å². The van der Waals surface area contributed by atoms with Crippen molar-refractivity contribution < 1.29 is 23.8 Å². The first-order valence-corrected chi connectivity index (χ1v) is 10.6. The number of methoxy groups -OCH3 is 1. The van der Waals surface area contributed by atoms with Gasteiger partial charge in [-0.3, -0.25) is 14.7 Å². The lowest BCUT2D eigenvalue weighted by Gasteiger charge is -2.36. The van der Waals surface area contributed by atoms with Gasteiger partial charge in [0.15, 0.2) is 5.96 Å². The number of aliphatic hydroxyl groups is 1. The first kappa shape index (κ1) is 24.8. The number of hydrogen-bond acceptors (Lipinski definition) is 6. The number of ether oxygens (including phenoxy) is 2. The molecule has 1 aromatic carbocycles. The van der Waals surface area contributed by atoms with Gasteiger partial charge >= 0.3 is 0 Å². The first-order chi connectivity index (χ1) is 15.0. The highest BCUT2D eigenvalue weighted by atomic mass is 19.1. The van der Waals surface area contributed by atoms with Crippen LogP contribution in [0.4, 0.5) is 4.39 Å². The molecule has 0 aromatic heterocycles. The van der Waals surface area contributed by atoms with Crippen LogP contribution >= 0.6 is 0 Å². The number of hydrogen-bond donors (Lipinski definition) is 3. The van der Waals surface area contributed by atoms with Gasteiger partial charge in [0.1, 0.15) is 24.3 Å². The van der Waals surface area contributed by atoms with Crippen LogP contribution in [0.5, 0.6) is 5.75 Å². The summed E-state index contributed by atoms with van der Waals surface area (Å²) < 4.78 is 23.3. The standard InChI is InChI=1S/C21H34FN5O4/c1-3-23-21(25-14-18(28)16-31-19-6-4-17(22)5-7-19)27-11-9-26(10-12-27)15-20(29)24-8-13-30-2/h4-7,18,28H,3,8-16H2,1-2H3,(H,23,25)(H,24,29). The molecule has 174 valence electrons. The Bertz CT molecular complexity index is 681. The number of halogens is 1. The van der Waals surface area contributed by atoms with Crippen LogP contribution in [0, 0.1) is 5.82 Å². The van der Waals surface area contributed by atoms with Gasteiger partial charge in [0, 0.05) is 46.4 Å². The second-order valence-corrected chi connectivity index (χ2v) is 7.22. The number of piperazine rings is 1. The van der Waals surface area contributed by atoms with Crippen LogP contribution in [0.15, 0.2) is 29.3 Å². The Morgan fingerprint density at radius 1 is 1.23 bits per heavy atom. The van der Waals surface area contributed by atoms with Gasteiger partial charge < -0.3 is 30.1 Å². The highest BCUT2D eigenvalue weighted by Crippen LogP contribution is 2.11. The van der Waals surface area contributed by atoms with Crippen LogP contribution < -0.4 is 15.4 Å². The highest BCUT2D eigenvalue weighted by molar-refractivity contribution is 5.80. The minimum Gasteiger partial charge on any atom is -0.491 e. The summed E-state index contributed by atoms with van der Waals surface area (Å²) in [5.74, 6) is 0.890. The molecule has 1 fully saturated rings. The molecule has 1 atom stereocenters. The van der Waals surface area contributed by atoms with Crippen molar-refractivity contribution in [3.8, 4) is 5.75 Å². The molecule has 3 N–H and O–H groups in total. The van der Waals surface area contributed by atoms with Crippen molar-refractivity contribution in [1.29, 1.82) is 0 Å². The molecule has 0 bridgehead atoms. The number of carbonyl (C=O) groups is 1. The van der Waals surface area contributed by atoms with Crippen molar-refractivity contribution in [2.24, 2.45) is 4.99 Å². The van der Waals surface area contributed by atoms with E-state index >= 15 is 0 Å². The molecule has 0 spiro atoms. The maximum Gasteiger partial charge on any atom is 0.234 e. The second-order valence-electron chi connectivity index (χ2n) is 7.22. The summed E-state index contributed by atoms with van der Waals surface area (Å²) >= 11 is 0. The minimum absolute atomic E-state index is 0.00431. The number of rotatable bonds is 11. The van der Waals surface area contributed by atoms with E-state index in [1.54, 1.807) is 7.11 Å². The summed E-state index contributed by atoms with van der Waals surface area (Å²) in [6.45, 7) is 7.31. The molecule has 10 heteroatoms. The lowest BCUT2D eigenvalue weighted by molar-refractivity contribution is -0.122. The maximum absolute atomic E-state index is 12.9. The average molecular weight is 440 g/mol. The van der Waals surface area contributed by atoms with Gasteiger partial charge in [-0.1, -0.05) is 0 Å². The molecule has 1 unspecified atom stereocenters. The Morgan fingerprint density at radius 2 is 1.94 bits per heavy atom. The zero-order valence-electron chi connectivity index (χ0n) is 18.3. The Balaban J connectivity index is 1.76. The monoisotopic (exact) mass is 439 g/mol. The molecule has 1 aromatic rings. The summed E-state index contributed by atoms with van der Waals surface area (Å²) in [4.78, 5) is 20.7. The topological polar surface area (TPSA) is 98.7 Å². The zero-order chi connectivity index (χ0) is 22.5. The molecule has 9 nitrogen and oxygen atoms in total. The fourth-order valence-electron chi connectivity index (χ4n) is 3.06. The molecule has 1 saturated heterocycles. The number of aliphatic imine (C=N–C) groups is 1.